The summed E-state index contributed by atoms with van der Waals surface area (Å²) >= 11 is 8.25. The number of nitrogens with zero attached hydrogens (tertiary/aromatic N) is 1. The summed E-state index contributed by atoms with van der Waals surface area (Å²) in [4.78, 5) is 39.0. The Morgan fingerprint density at radius 3 is 2.55 bits per heavy atom. The van der Waals surface area contributed by atoms with Crippen LogP contribution in [0, 0.1) is 10.5 Å². The molecular formula is C22H20ClIN2O5. The van der Waals surface area contributed by atoms with Gasteiger partial charge in [-0.05, 0) is 84.8 Å². The molecule has 1 N–H and O–H groups in total. The van der Waals surface area contributed by atoms with Crippen molar-refractivity contribution in [2.24, 2.45) is 0 Å². The van der Waals surface area contributed by atoms with E-state index in [1.165, 1.54) is 13.2 Å². The molecule has 1 heterocycles. The van der Waals surface area contributed by atoms with Crippen LogP contribution >= 0.6 is 34.2 Å². The fraction of sp³-hybridized carbons (Fsp3) is 0.227. The number of barbiturate groups is 1. The second-order valence-corrected chi connectivity index (χ2v) is 8.61. The summed E-state index contributed by atoms with van der Waals surface area (Å²) in [6, 6.07) is 7.48. The number of halogens is 2. The molecule has 4 amide bonds. The number of carbonyl (C=O) groups excluding carboxylic acids is 3. The van der Waals surface area contributed by atoms with Gasteiger partial charge in [-0.15, -0.1) is 0 Å². The maximum Gasteiger partial charge on any atom is 0.335 e. The van der Waals surface area contributed by atoms with Crippen molar-refractivity contribution < 1.29 is 23.9 Å². The van der Waals surface area contributed by atoms with E-state index in [9.17, 15) is 14.4 Å². The average molecular weight is 555 g/mol. The van der Waals surface area contributed by atoms with Crippen LogP contribution in [0.15, 0.2) is 35.9 Å². The van der Waals surface area contributed by atoms with Crippen LogP contribution in [0.2, 0.25) is 5.02 Å². The van der Waals surface area contributed by atoms with E-state index < -0.39 is 17.8 Å². The molecule has 2 aromatic rings. The first-order valence-electron chi connectivity index (χ1n) is 9.34. The predicted molar refractivity (Wildman–Crippen MR) is 127 cm³/mol. The van der Waals surface area contributed by atoms with E-state index in [2.05, 4.69) is 27.9 Å². The normalized spacial score (nSPS) is 15.5. The summed E-state index contributed by atoms with van der Waals surface area (Å²) < 4.78 is 12.0. The Bertz CT molecular complexity index is 1110. The topological polar surface area (TPSA) is 84.9 Å². The zero-order chi connectivity index (χ0) is 22.9. The predicted octanol–water partition coefficient (Wildman–Crippen LogP) is 4.72. The number of ether oxygens (including phenoxy) is 2. The van der Waals surface area contributed by atoms with Crippen LogP contribution in [-0.2, 0) is 9.59 Å². The molecule has 0 aliphatic carbocycles. The lowest BCUT2D eigenvalue weighted by Crippen LogP contribution is -2.54. The van der Waals surface area contributed by atoms with Crippen molar-refractivity contribution in [1.82, 2.24) is 5.32 Å². The first kappa shape index (κ1) is 23.1. The number of methoxy groups -OCH3 is 1. The molecule has 0 bridgehead atoms. The van der Waals surface area contributed by atoms with Gasteiger partial charge < -0.3 is 9.47 Å². The molecule has 162 valence electrons. The van der Waals surface area contributed by atoms with Crippen molar-refractivity contribution in [2.75, 3.05) is 12.0 Å². The van der Waals surface area contributed by atoms with E-state index in [1.54, 1.807) is 37.3 Å². The van der Waals surface area contributed by atoms with Crippen molar-refractivity contribution in [2.45, 2.75) is 26.9 Å². The zero-order valence-electron chi connectivity index (χ0n) is 17.3. The van der Waals surface area contributed by atoms with Crippen LogP contribution in [0.4, 0.5) is 10.5 Å². The van der Waals surface area contributed by atoms with Crippen LogP contribution in [-0.4, -0.2) is 31.1 Å². The molecule has 0 spiro atoms. The Morgan fingerprint density at radius 2 is 1.90 bits per heavy atom. The molecule has 2 aromatic carbocycles. The van der Waals surface area contributed by atoms with Crippen molar-refractivity contribution in [3.63, 3.8) is 0 Å². The third kappa shape index (κ3) is 4.69. The summed E-state index contributed by atoms with van der Waals surface area (Å²) in [6.45, 7) is 5.50. The number of hydrogen-bond donors (Lipinski definition) is 1. The van der Waals surface area contributed by atoms with Gasteiger partial charge in [0.1, 0.15) is 5.57 Å². The fourth-order valence-electron chi connectivity index (χ4n) is 3.05. The van der Waals surface area contributed by atoms with Crippen molar-refractivity contribution in [3.8, 4) is 11.5 Å². The molecule has 1 aliphatic rings. The molecule has 1 fully saturated rings. The van der Waals surface area contributed by atoms with Crippen LogP contribution in [0.3, 0.4) is 0 Å². The Labute approximate surface area is 198 Å². The van der Waals surface area contributed by atoms with Gasteiger partial charge in [-0.1, -0.05) is 17.7 Å². The smallest absolute Gasteiger partial charge is 0.335 e. The molecule has 0 aromatic heterocycles. The summed E-state index contributed by atoms with van der Waals surface area (Å²) in [5, 5.41) is 2.62. The molecule has 0 saturated carbocycles. The molecule has 1 aliphatic heterocycles. The van der Waals surface area contributed by atoms with E-state index in [4.69, 9.17) is 21.1 Å². The first-order chi connectivity index (χ1) is 14.6. The number of urea groups is 1. The highest BCUT2D eigenvalue weighted by molar-refractivity contribution is 14.1. The maximum atomic E-state index is 13.1. The lowest BCUT2D eigenvalue weighted by Gasteiger charge is -2.27. The van der Waals surface area contributed by atoms with E-state index in [0.29, 0.717) is 33.3 Å². The number of benzene rings is 2. The van der Waals surface area contributed by atoms with Crippen molar-refractivity contribution in [3.05, 3.63) is 55.6 Å². The van der Waals surface area contributed by atoms with Gasteiger partial charge in [-0.25, -0.2) is 9.69 Å². The number of anilines is 1. The van der Waals surface area contributed by atoms with Gasteiger partial charge in [0.15, 0.2) is 11.5 Å². The standard InChI is InChI=1S/C22H20ClIN2O5/c1-11(2)31-19-16(24)9-13(10-18(19)30-4)8-14-20(27)25-22(29)26(21(14)28)17-7-5-6-15(23)12(17)3/h5-11H,1-4H3,(H,25,27,29)/b14-8+. The number of imide groups is 2. The van der Waals surface area contributed by atoms with Gasteiger partial charge in [0.25, 0.3) is 11.8 Å². The number of carbonyl (C=O) groups is 3. The van der Waals surface area contributed by atoms with Gasteiger partial charge in [-0.2, -0.15) is 0 Å². The Morgan fingerprint density at radius 1 is 1.19 bits per heavy atom. The molecule has 3 rings (SSSR count). The van der Waals surface area contributed by atoms with Crippen LogP contribution in [0.1, 0.15) is 25.0 Å². The second kappa shape index (κ2) is 9.27. The monoisotopic (exact) mass is 554 g/mol. The largest absolute Gasteiger partial charge is 0.493 e. The Balaban J connectivity index is 2.06. The molecular weight excluding hydrogens is 535 g/mol. The van der Waals surface area contributed by atoms with Crippen LogP contribution < -0.4 is 19.7 Å². The lowest BCUT2D eigenvalue weighted by molar-refractivity contribution is -0.122. The van der Waals surface area contributed by atoms with E-state index in [0.717, 1.165) is 8.47 Å². The molecule has 0 atom stereocenters. The molecule has 1 saturated heterocycles. The van der Waals surface area contributed by atoms with Crippen molar-refractivity contribution >= 4 is 63.8 Å². The Hall–Kier alpha value is -2.59. The quantitative estimate of drug-likeness (QED) is 0.329. The summed E-state index contributed by atoms with van der Waals surface area (Å²) in [7, 11) is 1.51. The molecule has 9 heteroatoms. The van der Waals surface area contributed by atoms with Gasteiger partial charge >= 0.3 is 6.03 Å². The average Bonchev–Trinajstić information content (AvgIpc) is 2.69. The van der Waals surface area contributed by atoms with Gasteiger partial charge in [0, 0.05) is 5.02 Å². The molecule has 31 heavy (non-hydrogen) atoms. The molecule has 0 radical (unpaired) electrons. The molecule has 7 nitrogen and oxygen atoms in total. The highest BCUT2D eigenvalue weighted by Gasteiger charge is 2.37. The van der Waals surface area contributed by atoms with Crippen molar-refractivity contribution in [1.29, 1.82) is 0 Å². The third-order valence-corrected chi connectivity index (χ3v) is 5.71. The fourth-order valence-corrected chi connectivity index (χ4v) is 3.98. The van der Waals surface area contributed by atoms with E-state index >= 15 is 0 Å². The number of rotatable bonds is 5. The summed E-state index contributed by atoms with van der Waals surface area (Å²) in [6.07, 6.45) is 1.36. The summed E-state index contributed by atoms with van der Waals surface area (Å²) in [5.74, 6) is -0.473. The third-order valence-electron chi connectivity index (χ3n) is 4.50. The van der Waals surface area contributed by atoms with E-state index in [-0.39, 0.29) is 11.7 Å². The van der Waals surface area contributed by atoms with Gasteiger partial charge in [0.05, 0.1) is 22.5 Å². The lowest BCUT2D eigenvalue weighted by atomic mass is 10.1. The number of nitrogens with one attached hydrogen (secondary N) is 1. The summed E-state index contributed by atoms with van der Waals surface area (Å²) in [5.41, 5.74) is 1.22. The van der Waals surface area contributed by atoms with Gasteiger partial charge in [0.2, 0.25) is 0 Å². The zero-order valence-corrected chi connectivity index (χ0v) is 20.2. The number of amides is 4. The highest BCUT2D eigenvalue weighted by Crippen LogP contribution is 2.36. The minimum absolute atomic E-state index is 0.0576. The Kier molecular flexibility index (Phi) is 6.90. The van der Waals surface area contributed by atoms with Gasteiger partial charge in [-0.3, -0.25) is 14.9 Å². The maximum absolute atomic E-state index is 13.1. The highest BCUT2D eigenvalue weighted by atomic mass is 127. The second-order valence-electron chi connectivity index (χ2n) is 7.04. The minimum atomic E-state index is -0.828. The molecule has 0 unspecified atom stereocenters. The first-order valence-corrected chi connectivity index (χ1v) is 10.8. The number of hydrogen-bond acceptors (Lipinski definition) is 5. The SMILES string of the molecule is COc1cc(/C=C2\C(=O)NC(=O)N(c3cccc(Cl)c3C)C2=O)cc(I)c1OC(C)C. The van der Waals surface area contributed by atoms with Crippen LogP contribution in [0.25, 0.3) is 6.08 Å². The minimum Gasteiger partial charge on any atom is -0.493 e. The van der Waals surface area contributed by atoms with Crippen LogP contribution in [0.5, 0.6) is 11.5 Å². The van der Waals surface area contributed by atoms with E-state index in [1.807, 2.05) is 13.8 Å².